The third kappa shape index (κ3) is 4.60. The third-order valence-electron chi connectivity index (χ3n) is 8.54. The third-order valence-corrected chi connectivity index (χ3v) is 8.54. The van der Waals surface area contributed by atoms with Gasteiger partial charge in [-0.3, -0.25) is 9.59 Å². The highest BCUT2D eigenvalue weighted by Gasteiger charge is 2.48. The zero-order valence-corrected chi connectivity index (χ0v) is 20.0. The van der Waals surface area contributed by atoms with Crippen molar-refractivity contribution in [1.82, 2.24) is 15.5 Å². The molecule has 0 saturated carbocycles. The Hall–Kier alpha value is -2.38. The van der Waals surface area contributed by atoms with Crippen molar-refractivity contribution >= 4 is 11.8 Å². The van der Waals surface area contributed by atoms with Gasteiger partial charge in [-0.05, 0) is 68.5 Å². The van der Waals surface area contributed by atoms with Gasteiger partial charge in [-0.25, -0.2) is 0 Å². The molecule has 1 aromatic rings. The van der Waals surface area contributed by atoms with Crippen LogP contribution in [0.3, 0.4) is 0 Å². The van der Waals surface area contributed by atoms with Crippen LogP contribution in [0.25, 0.3) is 0 Å². The number of carbonyl (C=O) groups excluding carboxylic acids is 2. The highest BCUT2D eigenvalue weighted by atomic mass is 16.5. The van der Waals surface area contributed by atoms with Crippen molar-refractivity contribution in [2.24, 2.45) is 16.7 Å². The average Bonchev–Trinajstić information content (AvgIpc) is 2.88. The molecule has 0 aliphatic carbocycles. The van der Waals surface area contributed by atoms with Crippen LogP contribution >= 0.6 is 0 Å². The first-order chi connectivity index (χ1) is 16.6. The molecule has 2 spiro atoms. The van der Waals surface area contributed by atoms with E-state index in [2.05, 4.69) is 21.6 Å². The molecule has 7 heteroatoms. The first-order valence-electron chi connectivity index (χ1n) is 12.8. The van der Waals surface area contributed by atoms with Crippen molar-refractivity contribution in [2.45, 2.75) is 38.5 Å². The molecule has 4 aliphatic heterocycles. The Balaban J connectivity index is 1.46. The molecule has 0 aromatic heterocycles. The first-order valence-corrected chi connectivity index (χ1v) is 12.8. The van der Waals surface area contributed by atoms with Crippen LogP contribution in [0.4, 0.5) is 0 Å². The monoisotopic (exact) mass is 467 g/mol. The largest absolute Gasteiger partial charge is 0.489 e. The SMILES string of the molecule is O=C1NCC2CN(CCC23CCOCC3)C(=O)C2(C/C=C/COc3ccccc31)CCCNC2. The number of hydrogen-bond donors (Lipinski definition) is 2. The van der Waals surface area contributed by atoms with Gasteiger partial charge < -0.3 is 25.0 Å². The number of hydrogen-bond acceptors (Lipinski definition) is 5. The van der Waals surface area contributed by atoms with E-state index in [9.17, 15) is 9.59 Å². The second kappa shape index (κ2) is 10.1. The molecule has 184 valence electrons. The quantitative estimate of drug-likeness (QED) is 0.574. The van der Waals surface area contributed by atoms with Crippen molar-refractivity contribution in [1.29, 1.82) is 0 Å². The van der Waals surface area contributed by atoms with Crippen LogP contribution < -0.4 is 15.4 Å². The topological polar surface area (TPSA) is 79.9 Å². The molecule has 2 atom stereocenters. The maximum Gasteiger partial charge on any atom is 0.255 e. The molecule has 34 heavy (non-hydrogen) atoms. The molecule has 7 nitrogen and oxygen atoms in total. The molecular weight excluding hydrogens is 430 g/mol. The second-order valence-corrected chi connectivity index (χ2v) is 10.4. The average molecular weight is 468 g/mol. The summed E-state index contributed by atoms with van der Waals surface area (Å²) in [6, 6.07) is 7.42. The van der Waals surface area contributed by atoms with Gasteiger partial charge in [0.1, 0.15) is 12.4 Å². The minimum atomic E-state index is -0.402. The van der Waals surface area contributed by atoms with E-state index in [1.165, 1.54) is 0 Å². The summed E-state index contributed by atoms with van der Waals surface area (Å²) in [6.07, 6.45) is 9.66. The number of fused-ring (bicyclic) bond motifs is 4. The maximum atomic E-state index is 14.0. The van der Waals surface area contributed by atoms with Crippen LogP contribution in [0.2, 0.25) is 0 Å². The summed E-state index contributed by atoms with van der Waals surface area (Å²) < 4.78 is 11.7. The van der Waals surface area contributed by atoms with E-state index in [1.54, 1.807) is 0 Å². The zero-order valence-electron chi connectivity index (χ0n) is 20.0. The number of nitrogens with one attached hydrogen (secondary N) is 2. The number of benzene rings is 1. The number of nitrogens with zero attached hydrogens (tertiary/aromatic N) is 1. The molecule has 2 bridgehead atoms. The number of allylic oxidation sites excluding steroid dienone is 1. The van der Waals surface area contributed by atoms with Crippen LogP contribution in [0.15, 0.2) is 36.4 Å². The lowest BCUT2D eigenvalue weighted by Gasteiger charge is -2.51. The molecule has 1 aromatic carbocycles. The van der Waals surface area contributed by atoms with Gasteiger partial charge in [0.05, 0.1) is 11.0 Å². The minimum Gasteiger partial charge on any atom is -0.489 e. The summed E-state index contributed by atoms with van der Waals surface area (Å²) >= 11 is 0. The van der Waals surface area contributed by atoms with Gasteiger partial charge in [-0.1, -0.05) is 24.3 Å². The molecule has 2 unspecified atom stereocenters. The van der Waals surface area contributed by atoms with Gasteiger partial charge in [0.25, 0.3) is 5.91 Å². The molecule has 2 amide bonds. The molecule has 3 saturated heterocycles. The number of ether oxygens (including phenoxy) is 2. The standard InChI is InChI=1S/C27H37N3O4/c31-24-22-6-1-2-7-23(22)34-15-4-3-8-27(9-5-13-28-20-27)25(32)30-14-10-26(11-16-33-17-12-26)21(19-30)18-29-24/h1-4,6-7,21,28H,5,8-20H2,(H,29,31)/b4-3+. The lowest BCUT2D eigenvalue weighted by Crippen LogP contribution is -2.59. The van der Waals surface area contributed by atoms with Gasteiger partial charge in [-0.15, -0.1) is 0 Å². The van der Waals surface area contributed by atoms with E-state index in [0.29, 0.717) is 37.4 Å². The summed E-state index contributed by atoms with van der Waals surface area (Å²) in [5.74, 6) is 0.950. The van der Waals surface area contributed by atoms with E-state index in [1.807, 2.05) is 30.3 Å². The predicted octanol–water partition coefficient (Wildman–Crippen LogP) is 2.77. The summed E-state index contributed by atoms with van der Waals surface area (Å²) in [4.78, 5) is 29.3. The van der Waals surface area contributed by atoms with E-state index in [0.717, 1.165) is 65.0 Å². The van der Waals surface area contributed by atoms with Crippen molar-refractivity contribution in [2.75, 3.05) is 52.5 Å². The van der Waals surface area contributed by atoms with Crippen LogP contribution in [-0.2, 0) is 9.53 Å². The Morgan fingerprint density at radius 2 is 1.88 bits per heavy atom. The number of para-hydroxylation sites is 1. The number of piperidine rings is 2. The maximum absolute atomic E-state index is 14.0. The molecular formula is C27H37N3O4. The fraction of sp³-hybridized carbons (Fsp3) is 0.630. The van der Waals surface area contributed by atoms with E-state index >= 15 is 0 Å². The van der Waals surface area contributed by atoms with Crippen LogP contribution in [-0.4, -0.2) is 69.3 Å². The van der Waals surface area contributed by atoms with E-state index in [4.69, 9.17) is 9.47 Å². The van der Waals surface area contributed by atoms with Gasteiger partial charge >= 0.3 is 0 Å². The summed E-state index contributed by atoms with van der Waals surface area (Å²) in [5, 5.41) is 6.68. The lowest BCUT2D eigenvalue weighted by atomic mass is 9.64. The highest BCUT2D eigenvalue weighted by molar-refractivity contribution is 5.96. The molecule has 5 rings (SSSR count). The second-order valence-electron chi connectivity index (χ2n) is 10.4. The van der Waals surface area contributed by atoms with Crippen molar-refractivity contribution in [3.05, 3.63) is 42.0 Å². The Morgan fingerprint density at radius 3 is 2.71 bits per heavy atom. The molecule has 4 heterocycles. The molecule has 4 aliphatic rings. The van der Waals surface area contributed by atoms with Gasteiger partial charge in [0, 0.05) is 39.4 Å². The van der Waals surface area contributed by atoms with E-state index < -0.39 is 5.41 Å². The van der Waals surface area contributed by atoms with Crippen molar-refractivity contribution in [3.8, 4) is 5.75 Å². The van der Waals surface area contributed by atoms with E-state index in [-0.39, 0.29) is 23.1 Å². The van der Waals surface area contributed by atoms with Gasteiger partial charge in [0.15, 0.2) is 0 Å². The fourth-order valence-corrected chi connectivity index (χ4v) is 6.37. The van der Waals surface area contributed by atoms with Crippen molar-refractivity contribution in [3.63, 3.8) is 0 Å². The Labute approximate surface area is 202 Å². The predicted molar refractivity (Wildman–Crippen MR) is 130 cm³/mol. The molecule has 3 fully saturated rings. The summed E-state index contributed by atoms with van der Waals surface area (Å²) in [6.45, 7) is 5.62. The zero-order chi connectivity index (χ0) is 23.4. The Morgan fingerprint density at radius 1 is 1.03 bits per heavy atom. The highest BCUT2D eigenvalue weighted by Crippen LogP contribution is 2.46. The normalized spacial score (nSPS) is 31.1. The summed E-state index contributed by atoms with van der Waals surface area (Å²) in [7, 11) is 0. The van der Waals surface area contributed by atoms with Crippen LogP contribution in [0.5, 0.6) is 5.75 Å². The molecule has 0 radical (unpaired) electrons. The Kier molecular flexibility index (Phi) is 6.93. The molecule has 2 N–H and O–H groups in total. The van der Waals surface area contributed by atoms with Gasteiger partial charge in [0.2, 0.25) is 5.91 Å². The summed E-state index contributed by atoms with van der Waals surface area (Å²) in [5.41, 5.74) is 0.272. The number of carbonyl (C=O) groups is 2. The number of rotatable bonds is 0. The number of amides is 2. The lowest BCUT2D eigenvalue weighted by molar-refractivity contribution is -0.150. The minimum absolute atomic E-state index is 0.115. The van der Waals surface area contributed by atoms with Crippen LogP contribution in [0, 0.1) is 16.7 Å². The Bertz CT molecular complexity index is 918. The smallest absolute Gasteiger partial charge is 0.255 e. The van der Waals surface area contributed by atoms with Gasteiger partial charge in [-0.2, -0.15) is 0 Å². The first kappa shape index (κ1) is 23.4. The van der Waals surface area contributed by atoms with Crippen LogP contribution in [0.1, 0.15) is 48.9 Å². The fourth-order valence-electron chi connectivity index (χ4n) is 6.37. The van der Waals surface area contributed by atoms with Crippen molar-refractivity contribution < 1.29 is 19.1 Å².